The van der Waals surface area contributed by atoms with Gasteiger partial charge in [0.25, 0.3) is 5.91 Å². The van der Waals surface area contributed by atoms with E-state index in [1.165, 1.54) is 18.3 Å². The molecule has 1 aromatic carbocycles. The van der Waals surface area contributed by atoms with Crippen LogP contribution in [0.2, 0.25) is 0 Å². The van der Waals surface area contributed by atoms with Gasteiger partial charge in [0.2, 0.25) is 0 Å². The van der Waals surface area contributed by atoms with Crippen molar-refractivity contribution >= 4 is 11.9 Å². The Bertz CT molecular complexity index is 724. The Labute approximate surface area is 125 Å². The number of nitrogens with one attached hydrogen (secondary N) is 1. The van der Waals surface area contributed by atoms with E-state index in [0.717, 1.165) is 5.56 Å². The number of aromatic nitrogens is 2. The number of fused-ring (bicyclic) bond motifs is 1. The molecule has 7 heteroatoms. The summed E-state index contributed by atoms with van der Waals surface area (Å²) in [7, 11) is 0. The van der Waals surface area contributed by atoms with Crippen molar-refractivity contribution in [2.24, 2.45) is 0 Å². The smallest absolute Gasteiger partial charge is 0.358 e. The first kappa shape index (κ1) is 14.2. The lowest BCUT2D eigenvalue weighted by molar-refractivity contribution is 0.0520. The highest BCUT2D eigenvalue weighted by Crippen LogP contribution is 2.22. The van der Waals surface area contributed by atoms with E-state index < -0.39 is 5.97 Å². The molecule has 0 saturated heterocycles. The number of nitrogens with zero attached hydrogens (tertiary/aromatic N) is 2. The average Bonchev–Trinajstić information content (AvgIpc) is 2.93. The molecule has 2 aromatic rings. The number of halogens is 1. The van der Waals surface area contributed by atoms with Gasteiger partial charge >= 0.3 is 5.97 Å². The molecular formula is C15H14FN3O3. The molecular weight excluding hydrogens is 289 g/mol. The largest absolute Gasteiger partial charge is 0.461 e. The Balaban J connectivity index is 1.87. The average molecular weight is 303 g/mol. The van der Waals surface area contributed by atoms with Gasteiger partial charge in [0.15, 0.2) is 11.5 Å². The van der Waals surface area contributed by atoms with Gasteiger partial charge in [-0.3, -0.25) is 4.79 Å². The molecule has 1 unspecified atom stereocenters. The van der Waals surface area contributed by atoms with Crippen LogP contribution >= 0.6 is 0 Å². The van der Waals surface area contributed by atoms with Gasteiger partial charge in [-0.15, -0.1) is 0 Å². The molecule has 114 valence electrons. The van der Waals surface area contributed by atoms with Gasteiger partial charge in [-0.25, -0.2) is 14.2 Å². The van der Waals surface area contributed by atoms with E-state index in [2.05, 4.69) is 10.3 Å². The first-order valence-corrected chi connectivity index (χ1v) is 6.89. The van der Waals surface area contributed by atoms with E-state index in [0.29, 0.717) is 6.54 Å². The van der Waals surface area contributed by atoms with Gasteiger partial charge < -0.3 is 14.6 Å². The lowest BCUT2D eigenvalue weighted by Crippen LogP contribution is -2.38. The van der Waals surface area contributed by atoms with E-state index in [1.807, 2.05) is 0 Å². The molecule has 3 rings (SSSR count). The third-order valence-corrected chi connectivity index (χ3v) is 3.42. The predicted octanol–water partition coefficient (Wildman–Crippen LogP) is 1.68. The predicted molar refractivity (Wildman–Crippen MR) is 74.8 cm³/mol. The van der Waals surface area contributed by atoms with E-state index in [1.54, 1.807) is 23.6 Å². The van der Waals surface area contributed by atoms with Gasteiger partial charge in [-0.2, -0.15) is 0 Å². The zero-order valence-corrected chi connectivity index (χ0v) is 11.9. The van der Waals surface area contributed by atoms with Crippen molar-refractivity contribution in [2.75, 3.05) is 6.61 Å². The van der Waals surface area contributed by atoms with Crippen LogP contribution in [0.3, 0.4) is 0 Å². The van der Waals surface area contributed by atoms with Crippen LogP contribution in [0.25, 0.3) is 0 Å². The number of carbonyl (C=O) groups excluding carboxylic acids is 2. The fraction of sp³-hybridized carbons (Fsp3) is 0.267. The van der Waals surface area contributed by atoms with Crippen LogP contribution in [0.1, 0.15) is 39.6 Å². The molecule has 1 amide bonds. The Morgan fingerprint density at radius 2 is 2.18 bits per heavy atom. The maximum atomic E-state index is 13.0. The second-order valence-corrected chi connectivity index (χ2v) is 4.90. The maximum absolute atomic E-state index is 13.0. The number of benzene rings is 1. The lowest BCUT2D eigenvalue weighted by Gasteiger charge is -2.25. The van der Waals surface area contributed by atoms with Crippen LogP contribution in [0, 0.1) is 5.82 Å². The number of rotatable bonds is 3. The molecule has 6 nitrogen and oxygen atoms in total. The summed E-state index contributed by atoms with van der Waals surface area (Å²) in [6.07, 6.45) is 1.50. The highest BCUT2D eigenvalue weighted by Gasteiger charge is 2.28. The van der Waals surface area contributed by atoms with E-state index in [9.17, 15) is 14.0 Å². The van der Waals surface area contributed by atoms with Crippen LogP contribution in [-0.4, -0.2) is 28.0 Å². The van der Waals surface area contributed by atoms with Crippen molar-refractivity contribution in [2.45, 2.75) is 19.5 Å². The van der Waals surface area contributed by atoms with Crippen molar-refractivity contribution < 1.29 is 18.7 Å². The number of hydrogen-bond donors (Lipinski definition) is 1. The molecule has 0 bridgehead atoms. The van der Waals surface area contributed by atoms with Crippen LogP contribution in [0.5, 0.6) is 0 Å². The van der Waals surface area contributed by atoms with Gasteiger partial charge in [0.1, 0.15) is 5.82 Å². The quantitative estimate of drug-likeness (QED) is 0.876. The molecule has 22 heavy (non-hydrogen) atoms. The topological polar surface area (TPSA) is 73.2 Å². The summed E-state index contributed by atoms with van der Waals surface area (Å²) < 4.78 is 19.5. The van der Waals surface area contributed by atoms with E-state index in [-0.39, 0.29) is 35.9 Å². The number of carbonyl (C=O) groups is 2. The summed E-state index contributed by atoms with van der Waals surface area (Å²) in [5.41, 5.74) is 0.888. The second-order valence-electron chi connectivity index (χ2n) is 4.90. The Hall–Kier alpha value is -2.70. The van der Waals surface area contributed by atoms with Gasteiger partial charge in [0.05, 0.1) is 12.6 Å². The number of ether oxygens (including phenoxy) is 1. The summed E-state index contributed by atoms with van der Waals surface area (Å²) in [4.78, 5) is 27.8. The van der Waals surface area contributed by atoms with Crippen molar-refractivity contribution in [3.63, 3.8) is 0 Å². The molecule has 1 aliphatic heterocycles. The van der Waals surface area contributed by atoms with Crippen LogP contribution in [0.15, 0.2) is 30.5 Å². The minimum Gasteiger partial charge on any atom is -0.461 e. The minimum atomic E-state index is -0.560. The fourth-order valence-corrected chi connectivity index (χ4v) is 2.39. The normalized spacial score (nSPS) is 16.8. The van der Waals surface area contributed by atoms with Crippen LogP contribution in [-0.2, 0) is 11.3 Å². The van der Waals surface area contributed by atoms with Gasteiger partial charge in [-0.05, 0) is 24.6 Å². The molecule has 0 aliphatic carbocycles. The maximum Gasteiger partial charge on any atom is 0.358 e. The third kappa shape index (κ3) is 2.57. The zero-order chi connectivity index (χ0) is 15.7. The SMILES string of the molecule is CCOC(=O)c1cn2c(n1)C(=O)NC(c1ccc(F)cc1)C2. The molecule has 2 heterocycles. The van der Waals surface area contributed by atoms with E-state index >= 15 is 0 Å². The number of imidazole rings is 1. The minimum absolute atomic E-state index is 0.103. The molecule has 0 spiro atoms. The van der Waals surface area contributed by atoms with Gasteiger partial charge in [0, 0.05) is 12.7 Å². The number of amides is 1. The molecule has 0 saturated carbocycles. The number of hydrogen-bond acceptors (Lipinski definition) is 4. The first-order valence-electron chi connectivity index (χ1n) is 6.89. The molecule has 1 N–H and O–H groups in total. The van der Waals surface area contributed by atoms with Crippen molar-refractivity contribution in [3.8, 4) is 0 Å². The summed E-state index contributed by atoms with van der Waals surface area (Å²) in [5, 5.41) is 2.80. The third-order valence-electron chi connectivity index (χ3n) is 3.42. The zero-order valence-electron chi connectivity index (χ0n) is 11.9. The van der Waals surface area contributed by atoms with Crippen molar-refractivity contribution in [1.82, 2.24) is 14.9 Å². The highest BCUT2D eigenvalue weighted by molar-refractivity contribution is 5.94. The summed E-state index contributed by atoms with van der Waals surface area (Å²) in [5.74, 6) is -1.10. The lowest BCUT2D eigenvalue weighted by atomic mass is 10.1. The fourth-order valence-electron chi connectivity index (χ4n) is 2.39. The van der Waals surface area contributed by atoms with Crippen molar-refractivity contribution in [3.05, 3.63) is 53.4 Å². The number of esters is 1. The summed E-state index contributed by atoms with van der Waals surface area (Å²) >= 11 is 0. The molecule has 1 aliphatic rings. The standard InChI is InChI=1S/C15H14FN3O3/c1-2-22-15(21)12-8-19-7-11(18-14(20)13(19)17-12)9-3-5-10(16)6-4-9/h3-6,8,11H,2,7H2,1H3,(H,18,20). The van der Waals surface area contributed by atoms with E-state index in [4.69, 9.17) is 4.74 Å². The molecule has 0 fully saturated rings. The highest BCUT2D eigenvalue weighted by atomic mass is 19.1. The van der Waals surface area contributed by atoms with Crippen molar-refractivity contribution in [1.29, 1.82) is 0 Å². The summed E-state index contributed by atoms with van der Waals surface area (Å²) in [6.45, 7) is 2.36. The Morgan fingerprint density at radius 1 is 1.45 bits per heavy atom. The Morgan fingerprint density at radius 3 is 2.86 bits per heavy atom. The second kappa shape index (κ2) is 5.59. The molecule has 1 atom stereocenters. The van der Waals surface area contributed by atoms with Crippen LogP contribution < -0.4 is 5.32 Å². The van der Waals surface area contributed by atoms with Gasteiger partial charge in [-0.1, -0.05) is 12.1 Å². The summed E-state index contributed by atoms with van der Waals surface area (Å²) in [6, 6.07) is 5.62. The van der Waals surface area contributed by atoms with Crippen LogP contribution in [0.4, 0.5) is 4.39 Å². The monoisotopic (exact) mass is 303 g/mol. The Kier molecular flexibility index (Phi) is 3.62. The molecule has 1 aromatic heterocycles. The molecule has 0 radical (unpaired) electrons. The first-order chi connectivity index (χ1) is 10.6.